The maximum atomic E-state index is 12.6. The molecule has 5 heteroatoms. The van der Waals surface area contributed by atoms with Gasteiger partial charge in [0.25, 0.3) is 5.91 Å². The monoisotopic (exact) mass is 353 g/mol. The molecule has 0 aliphatic carbocycles. The second-order valence-corrected chi connectivity index (χ2v) is 7.55. The van der Waals surface area contributed by atoms with Gasteiger partial charge in [0.15, 0.2) is 23.9 Å². The first kappa shape index (κ1) is 18.0. The fraction of sp³-hybridized carbons (Fsp3) is 0.333. The Balaban J connectivity index is 1.77. The maximum absolute atomic E-state index is 12.6. The van der Waals surface area contributed by atoms with Gasteiger partial charge in [-0.05, 0) is 29.2 Å². The molecule has 26 heavy (non-hydrogen) atoms. The van der Waals surface area contributed by atoms with Gasteiger partial charge in [0.05, 0.1) is 6.04 Å². The zero-order valence-corrected chi connectivity index (χ0v) is 15.7. The molecule has 1 aromatic heterocycles. The van der Waals surface area contributed by atoms with Crippen LogP contribution in [0.5, 0.6) is 11.5 Å². The third kappa shape index (κ3) is 4.23. The maximum Gasteiger partial charge on any atom is 0.257 e. The molecule has 0 fully saturated rings. The molecule has 1 aromatic carbocycles. The summed E-state index contributed by atoms with van der Waals surface area (Å²) in [5.74, 6) is 1.43. The molecule has 0 saturated carbocycles. The third-order valence-corrected chi connectivity index (χ3v) is 4.30. The summed E-state index contributed by atoms with van der Waals surface area (Å²) in [6.07, 6.45) is 7.75. The lowest BCUT2D eigenvalue weighted by atomic mass is 9.86. The number of carbonyl (C=O) groups excluding carboxylic acids is 1. The molecule has 1 N–H and O–H groups in total. The molecule has 3 rings (SSSR count). The topological polar surface area (TPSA) is 51.4 Å². The Labute approximate surface area is 154 Å². The van der Waals surface area contributed by atoms with Gasteiger partial charge in [0, 0.05) is 6.07 Å². The second-order valence-electron chi connectivity index (χ2n) is 7.55. The van der Waals surface area contributed by atoms with Gasteiger partial charge in [-0.3, -0.25) is 4.79 Å². The van der Waals surface area contributed by atoms with Gasteiger partial charge in [0.2, 0.25) is 6.79 Å². The SMILES string of the molecule is C[n+]1cccc(C(=O)NC(/C=C/c2ccc3c(c2)OCO3)C(C)(C)C)c1. The van der Waals surface area contributed by atoms with Gasteiger partial charge in [-0.15, -0.1) is 0 Å². The molecule has 2 heterocycles. The number of ether oxygens (including phenoxy) is 2. The highest BCUT2D eigenvalue weighted by molar-refractivity contribution is 5.94. The number of rotatable bonds is 4. The first-order valence-electron chi connectivity index (χ1n) is 8.67. The van der Waals surface area contributed by atoms with E-state index in [4.69, 9.17) is 9.47 Å². The Kier molecular flexibility index (Phi) is 4.98. The number of benzene rings is 1. The van der Waals surface area contributed by atoms with E-state index >= 15 is 0 Å². The molecule has 0 saturated heterocycles. The minimum absolute atomic E-state index is 0.0866. The van der Waals surface area contributed by atoms with Crippen LogP contribution in [-0.2, 0) is 7.05 Å². The molecule has 0 spiro atoms. The van der Waals surface area contributed by atoms with Crippen molar-refractivity contribution in [1.29, 1.82) is 0 Å². The molecule has 0 radical (unpaired) electrons. The number of pyridine rings is 1. The molecule has 136 valence electrons. The minimum atomic E-state index is -0.126. The Morgan fingerprint density at radius 1 is 1.23 bits per heavy atom. The highest BCUT2D eigenvalue weighted by Gasteiger charge is 2.25. The van der Waals surface area contributed by atoms with Crippen LogP contribution in [0.3, 0.4) is 0 Å². The van der Waals surface area contributed by atoms with E-state index in [1.54, 1.807) is 0 Å². The van der Waals surface area contributed by atoms with Gasteiger partial charge < -0.3 is 14.8 Å². The number of nitrogens with one attached hydrogen (secondary N) is 1. The largest absolute Gasteiger partial charge is 0.454 e. The van der Waals surface area contributed by atoms with E-state index in [0.717, 1.165) is 17.1 Å². The molecule has 1 aliphatic rings. The summed E-state index contributed by atoms with van der Waals surface area (Å²) in [5, 5.41) is 3.13. The van der Waals surface area contributed by atoms with Crippen LogP contribution in [0.1, 0.15) is 36.7 Å². The van der Waals surface area contributed by atoms with E-state index in [1.165, 1.54) is 0 Å². The van der Waals surface area contributed by atoms with Crippen LogP contribution >= 0.6 is 0 Å². The summed E-state index contributed by atoms with van der Waals surface area (Å²) in [6, 6.07) is 9.38. The van der Waals surface area contributed by atoms with Crippen LogP contribution in [0.4, 0.5) is 0 Å². The van der Waals surface area contributed by atoms with E-state index in [0.29, 0.717) is 5.56 Å². The Morgan fingerprint density at radius 2 is 2.00 bits per heavy atom. The number of nitrogens with zero attached hydrogens (tertiary/aromatic N) is 1. The molecule has 1 unspecified atom stereocenters. The van der Waals surface area contributed by atoms with Crippen molar-refractivity contribution in [1.82, 2.24) is 5.32 Å². The lowest BCUT2D eigenvalue weighted by Crippen LogP contribution is -2.43. The molecular formula is C21H25N2O3+. The lowest BCUT2D eigenvalue weighted by Gasteiger charge is -2.29. The van der Waals surface area contributed by atoms with Crippen molar-refractivity contribution < 1.29 is 18.8 Å². The van der Waals surface area contributed by atoms with E-state index in [1.807, 2.05) is 66.5 Å². The van der Waals surface area contributed by atoms with Crippen LogP contribution in [0, 0.1) is 5.41 Å². The third-order valence-electron chi connectivity index (χ3n) is 4.30. The molecule has 0 bridgehead atoms. The van der Waals surface area contributed by atoms with Crippen LogP contribution in [-0.4, -0.2) is 18.7 Å². The summed E-state index contributed by atoms with van der Waals surface area (Å²) >= 11 is 0. The normalized spacial score (nSPS) is 14.5. The average Bonchev–Trinajstić information content (AvgIpc) is 3.05. The van der Waals surface area contributed by atoms with Crippen LogP contribution < -0.4 is 19.4 Å². The van der Waals surface area contributed by atoms with Gasteiger partial charge in [-0.2, -0.15) is 0 Å². The zero-order chi connectivity index (χ0) is 18.7. The van der Waals surface area contributed by atoms with Crippen molar-refractivity contribution in [3.8, 4) is 11.5 Å². The van der Waals surface area contributed by atoms with Gasteiger partial charge in [0.1, 0.15) is 12.6 Å². The van der Waals surface area contributed by atoms with Gasteiger partial charge in [-0.1, -0.05) is 39.0 Å². The van der Waals surface area contributed by atoms with Gasteiger partial charge in [-0.25, -0.2) is 4.57 Å². The number of fused-ring (bicyclic) bond motifs is 1. The van der Waals surface area contributed by atoms with Crippen molar-refractivity contribution in [2.75, 3.05) is 6.79 Å². The zero-order valence-electron chi connectivity index (χ0n) is 15.7. The van der Waals surface area contributed by atoms with Crippen molar-refractivity contribution in [2.45, 2.75) is 26.8 Å². The summed E-state index contributed by atoms with van der Waals surface area (Å²) in [6.45, 7) is 6.57. The van der Waals surface area contributed by atoms with Crippen LogP contribution in [0.2, 0.25) is 0 Å². The van der Waals surface area contributed by atoms with Crippen LogP contribution in [0.15, 0.2) is 48.8 Å². The number of aromatic nitrogens is 1. The molecule has 2 aromatic rings. The van der Waals surface area contributed by atoms with Crippen LogP contribution in [0.25, 0.3) is 6.08 Å². The van der Waals surface area contributed by atoms with E-state index in [2.05, 4.69) is 26.1 Å². The highest BCUT2D eigenvalue weighted by atomic mass is 16.7. The van der Waals surface area contributed by atoms with Crippen molar-refractivity contribution in [3.63, 3.8) is 0 Å². The standard InChI is InChI=1S/C21H24N2O3/c1-21(2,3)19(22-20(24)16-6-5-11-23(4)13-16)10-8-15-7-9-17-18(12-15)26-14-25-17/h5-13,19H,14H2,1-4H3/p+1/b10-8+. The predicted octanol–water partition coefficient (Wildman–Crippen LogP) is 3.10. The van der Waals surface area contributed by atoms with E-state index < -0.39 is 0 Å². The molecule has 1 amide bonds. The fourth-order valence-corrected chi connectivity index (χ4v) is 2.72. The number of carbonyl (C=O) groups is 1. The molecule has 1 atom stereocenters. The molecule has 5 nitrogen and oxygen atoms in total. The number of aryl methyl sites for hydroxylation is 1. The lowest BCUT2D eigenvalue weighted by molar-refractivity contribution is -0.671. The van der Waals surface area contributed by atoms with E-state index in [9.17, 15) is 4.79 Å². The van der Waals surface area contributed by atoms with Crippen molar-refractivity contribution in [2.24, 2.45) is 12.5 Å². The first-order valence-corrected chi connectivity index (χ1v) is 8.67. The van der Waals surface area contributed by atoms with Crippen molar-refractivity contribution >= 4 is 12.0 Å². The smallest absolute Gasteiger partial charge is 0.257 e. The fourth-order valence-electron chi connectivity index (χ4n) is 2.72. The summed E-state index contributed by atoms with van der Waals surface area (Å²) in [7, 11) is 1.90. The minimum Gasteiger partial charge on any atom is -0.454 e. The number of amides is 1. The highest BCUT2D eigenvalue weighted by Crippen LogP contribution is 2.33. The first-order chi connectivity index (χ1) is 12.3. The quantitative estimate of drug-likeness (QED) is 0.860. The second kappa shape index (κ2) is 7.20. The summed E-state index contributed by atoms with van der Waals surface area (Å²) in [5.41, 5.74) is 1.52. The Bertz CT molecular complexity index is 837. The number of hydrogen-bond acceptors (Lipinski definition) is 3. The average molecular weight is 353 g/mol. The molecular weight excluding hydrogens is 328 g/mol. The molecule has 1 aliphatic heterocycles. The summed E-state index contributed by atoms with van der Waals surface area (Å²) in [4.78, 5) is 12.6. The Morgan fingerprint density at radius 3 is 2.73 bits per heavy atom. The number of hydrogen-bond donors (Lipinski definition) is 1. The van der Waals surface area contributed by atoms with Crippen molar-refractivity contribution in [3.05, 3.63) is 59.9 Å². The summed E-state index contributed by atoms with van der Waals surface area (Å²) < 4.78 is 12.6. The predicted molar refractivity (Wildman–Crippen MR) is 99.9 cm³/mol. The Hall–Kier alpha value is -2.82. The van der Waals surface area contributed by atoms with E-state index in [-0.39, 0.29) is 24.2 Å². The van der Waals surface area contributed by atoms with Gasteiger partial charge >= 0.3 is 0 Å².